The maximum atomic E-state index is 11.3. The van der Waals surface area contributed by atoms with E-state index in [1.165, 1.54) is 23.1 Å². The Morgan fingerprint density at radius 1 is 1.05 bits per heavy atom. The number of nitrogens with zero attached hydrogens (tertiary/aromatic N) is 2. The number of hydrogen-bond acceptors (Lipinski definition) is 4. The Labute approximate surface area is 110 Å². The molecule has 0 saturated carbocycles. The van der Waals surface area contributed by atoms with Crippen LogP contribution in [0.15, 0.2) is 41.4 Å². The molecule has 19 heavy (non-hydrogen) atoms. The molecule has 0 saturated heterocycles. The molecule has 0 aliphatic carbocycles. The number of aryl methyl sites for hydroxylation is 1. The van der Waals surface area contributed by atoms with E-state index in [0.717, 1.165) is 12.0 Å². The molecule has 1 aliphatic heterocycles. The van der Waals surface area contributed by atoms with Gasteiger partial charge in [-0.1, -0.05) is 12.1 Å². The first kappa shape index (κ1) is 12.9. The molecule has 2 rings (SSSR count). The highest BCUT2D eigenvalue weighted by Gasteiger charge is 2.22. The van der Waals surface area contributed by atoms with Crippen molar-refractivity contribution in [3.05, 3.63) is 42.0 Å². The summed E-state index contributed by atoms with van der Waals surface area (Å²) >= 11 is 0. The van der Waals surface area contributed by atoms with Crippen LogP contribution in [0.5, 0.6) is 0 Å². The minimum atomic E-state index is -0.249. The van der Waals surface area contributed by atoms with Gasteiger partial charge < -0.3 is 0 Å². The number of hydrogen-bond donors (Lipinski definition) is 0. The summed E-state index contributed by atoms with van der Waals surface area (Å²) in [5, 5.41) is 0. The van der Waals surface area contributed by atoms with E-state index in [9.17, 15) is 14.4 Å². The molecular formula is C14H12N2O3. The van der Waals surface area contributed by atoms with Crippen molar-refractivity contribution in [3.63, 3.8) is 0 Å². The van der Waals surface area contributed by atoms with Crippen LogP contribution in [0.25, 0.3) is 0 Å². The fourth-order valence-electron chi connectivity index (χ4n) is 1.88. The van der Waals surface area contributed by atoms with Crippen molar-refractivity contribution >= 4 is 23.6 Å². The predicted octanol–water partition coefficient (Wildman–Crippen LogP) is 1.51. The van der Waals surface area contributed by atoms with Crippen molar-refractivity contribution in [2.24, 2.45) is 4.99 Å². The van der Waals surface area contributed by atoms with Gasteiger partial charge in [0.15, 0.2) is 0 Å². The highest BCUT2D eigenvalue weighted by molar-refractivity contribution is 6.12. The molecule has 0 spiro atoms. The van der Waals surface area contributed by atoms with Crippen LogP contribution in [0, 0.1) is 0 Å². The van der Waals surface area contributed by atoms with E-state index in [0.29, 0.717) is 18.7 Å². The van der Waals surface area contributed by atoms with Crippen molar-refractivity contribution in [3.8, 4) is 0 Å². The molecule has 0 unspecified atom stereocenters. The van der Waals surface area contributed by atoms with Gasteiger partial charge in [0.05, 0.1) is 5.69 Å². The molecule has 0 fully saturated rings. The van der Waals surface area contributed by atoms with Gasteiger partial charge in [-0.05, 0) is 30.5 Å². The summed E-state index contributed by atoms with van der Waals surface area (Å²) < 4.78 is 0. The van der Waals surface area contributed by atoms with Crippen molar-refractivity contribution in [1.82, 2.24) is 4.90 Å². The van der Waals surface area contributed by atoms with Crippen LogP contribution in [-0.4, -0.2) is 29.3 Å². The second-order valence-corrected chi connectivity index (χ2v) is 4.13. The Hall–Kier alpha value is -2.52. The second-order valence-electron chi connectivity index (χ2n) is 4.13. The van der Waals surface area contributed by atoms with E-state index in [2.05, 4.69) is 4.99 Å². The molecule has 0 radical (unpaired) electrons. The van der Waals surface area contributed by atoms with Crippen LogP contribution in [0.1, 0.15) is 12.0 Å². The summed E-state index contributed by atoms with van der Waals surface area (Å²) in [6, 6.07) is 7.19. The van der Waals surface area contributed by atoms with E-state index < -0.39 is 0 Å². The van der Waals surface area contributed by atoms with Gasteiger partial charge >= 0.3 is 0 Å². The normalized spacial score (nSPS) is 13.8. The van der Waals surface area contributed by atoms with Crippen LogP contribution in [0.3, 0.4) is 0 Å². The summed E-state index contributed by atoms with van der Waals surface area (Å²) in [7, 11) is 0. The molecule has 1 aromatic carbocycles. The van der Waals surface area contributed by atoms with Gasteiger partial charge in [-0.3, -0.25) is 14.5 Å². The van der Waals surface area contributed by atoms with Crippen LogP contribution in [0.4, 0.5) is 5.69 Å². The van der Waals surface area contributed by atoms with E-state index in [1.807, 2.05) is 12.1 Å². The largest absolute Gasteiger partial charge is 0.275 e. The average molecular weight is 256 g/mol. The quantitative estimate of drug-likeness (QED) is 0.455. The number of amides is 2. The molecule has 1 heterocycles. The summed E-state index contributed by atoms with van der Waals surface area (Å²) in [5.41, 5.74) is 1.63. The van der Waals surface area contributed by atoms with Crippen LogP contribution in [0.2, 0.25) is 0 Å². The monoisotopic (exact) mass is 256 g/mol. The second kappa shape index (κ2) is 5.89. The summed E-state index contributed by atoms with van der Waals surface area (Å²) in [4.78, 5) is 37.4. The van der Waals surface area contributed by atoms with Crippen molar-refractivity contribution in [2.75, 3.05) is 6.54 Å². The van der Waals surface area contributed by atoms with Crippen molar-refractivity contribution in [2.45, 2.75) is 12.8 Å². The first-order valence-corrected chi connectivity index (χ1v) is 5.91. The topological polar surface area (TPSA) is 66.8 Å². The SMILES string of the molecule is O=C=Nc1ccc(CCCN2C(=O)C=CC2=O)cc1. The zero-order valence-electron chi connectivity index (χ0n) is 10.2. The molecule has 1 aliphatic rings. The van der Waals surface area contributed by atoms with Gasteiger partial charge in [-0.2, -0.15) is 4.99 Å². The Balaban J connectivity index is 1.84. The first-order chi connectivity index (χ1) is 9.20. The zero-order valence-corrected chi connectivity index (χ0v) is 10.2. The van der Waals surface area contributed by atoms with Gasteiger partial charge in [0.1, 0.15) is 0 Å². The van der Waals surface area contributed by atoms with Gasteiger partial charge in [0.25, 0.3) is 11.8 Å². The first-order valence-electron chi connectivity index (χ1n) is 5.91. The van der Waals surface area contributed by atoms with Gasteiger partial charge in [0, 0.05) is 18.7 Å². The van der Waals surface area contributed by atoms with Crippen LogP contribution >= 0.6 is 0 Å². The van der Waals surface area contributed by atoms with Gasteiger partial charge in [-0.25, -0.2) is 4.79 Å². The van der Waals surface area contributed by atoms with E-state index >= 15 is 0 Å². The molecule has 96 valence electrons. The molecule has 5 nitrogen and oxygen atoms in total. The molecule has 0 N–H and O–H groups in total. The van der Waals surface area contributed by atoms with E-state index in [4.69, 9.17) is 0 Å². The lowest BCUT2D eigenvalue weighted by molar-refractivity contribution is -0.136. The third-order valence-electron chi connectivity index (χ3n) is 2.86. The highest BCUT2D eigenvalue weighted by Crippen LogP contribution is 2.14. The minimum absolute atomic E-state index is 0.249. The number of isocyanates is 1. The number of aliphatic imine (C=N–C) groups is 1. The zero-order chi connectivity index (χ0) is 13.7. The predicted molar refractivity (Wildman–Crippen MR) is 68.4 cm³/mol. The molecule has 0 atom stereocenters. The highest BCUT2D eigenvalue weighted by atomic mass is 16.2. The van der Waals surface area contributed by atoms with E-state index in [1.54, 1.807) is 12.1 Å². The average Bonchev–Trinajstić information content (AvgIpc) is 2.73. The molecule has 2 amide bonds. The fraction of sp³-hybridized carbons (Fsp3) is 0.214. The maximum Gasteiger partial charge on any atom is 0.253 e. The Bertz CT molecular complexity index is 551. The number of carbonyl (C=O) groups is 2. The third kappa shape index (κ3) is 3.24. The maximum absolute atomic E-state index is 11.3. The number of imide groups is 1. The van der Waals surface area contributed by atoms with Gasteiger partial charge in [-0.15, -0.1) is 0 Å². The number of benzene rings is 1. The third-order valence-corrected chi connectivity index (χ3v) is 2.86. The lowest BCUT2D eigenvalue weighted by atomic mass is 10.1. The number of rotatable bonds is 5. The standard InChI is InChI=1S/C14H12N2O3/c17-10-15-12-5-3-11(4-6-12)2-1-9-16-13(18)7-8-14(16)19/h3-8H,1-2,9H2. The summed E-state index contributed by atoms with van der Waals surface area (Å²) in [6.07, 6.45) is 5.51. The van der Waals surface area contributed by atoms with Crippen LogP contribution < -0.4 is 0 Å². The van der Waals surface area contributed by atoms with Crippen LogP contribution in [-0.2, 0) is 20.8 Å². The fourth-order valence-corrected chi connectivity index (χ4v) is 1.88. The summed E-state index contributed by atoms with van der Waals surface area (Å²) in [5.74, 6) is -0.499. The van der Waals surface area contributed by atoms with Gasteiger partial charge in [0.2, 0.25) is 6.08 Å². The Morgan fingerprint density at radius 2 is 1.68 bits per heavy atom. The molecule has 0 bridgehead atoms. The lowest BCUT2D eigenvalue weighted by Crippen LogP contribution is -2.31. The van der Waals surface area contributed by atoms with Crippen molar-refractivity contribution in [1.29, 1.82) is 0 Å². The van der Waals surface area contributed by atoms with E-state index in [-0.39, 0.29) is 11.8 Å². The van der Waals surface area contributed by atoms with Crippen molar-refractivity contribution < 1.29 is 14.4 Å². The molecule has 1 aromatic rings. The minimum Gasteiger partial charge on any atom is -0.275 e. The smallest absolute Gasteiger partial charge is 0.253 e. The Morgan fingerprint density at radius 3 is 2.26 bits per heavy atom. The molecule has 5 heteroatoms. The number of carbonyl (C=O) groups excluding carboxylic acids is 3. The lowest BCUT2D eigenvalue weighted by Gasteiger charge is -2.13. The summed E-state index contributed by atoms with van der Waals surface area (Å²) in [6.45, 7) is 0.416. The Kier molecular flexibility index (Phi) is 4.00. The molecular weight excluding hydrogens is 244 g/mol. The molecule has 0 aromatic heterocycles.